The third-order valence-corrected chi connectivity index (χ3v) is 3.34. The van der Waals surface area contributed by atoms with Crippen molar-refractivity contribution in [3.05, 3.63) is 29.8 Å². The molecule has 1 unspecified atom stereocenters. The molecule has 0 saturated carbocycles. The van der Waals surface area contributed by atoms with Crippen molar-refractivity contribution >= 4 is 11.6 Å². The van der Waals surface area contributed by atoms with Crippen molar-refractivity contribution in [2.45, 2.75) is 19.8 Å². The number of benzene rings is 1. The highest BCUT2D eigenvalue weighted by atomic mass is 16.2. The minimum Gasteiger partial charge on any atom is -0.398 e. The van der Waals surface area contributed by atoms with Crippen molar-refractivity contribution in [1.82, 2.24) is 4.90 Å². The van der Waals surface area contributed by atoms with Gasteiger partial charge in [0.1, 0.15) is 0 Å². The van der Waals surface area contributed by atoms with E-state index < -0.39 is 0 Å². The number of nitrogens with zero attached hydrogens (tertiary/aromatic N) is 1. The Kier molecular flexibility index (Phi) is 3.13. The topological polar surface area (TPSA) is 46.3 Å². The molecule has 3 nitrogen and oxygen atoms in total. The van der Waals surface area contributed by atoms with Gasteiger partial charge in [-0.3, -0.25) is 4.79 Å². The molecular weight excluding hydrogens is 200 g/mol. The van der Waals surface area contributed by atoms with E-state index in [0.717, 1.165) is 25.9 Å². The monoisotopic (exact) mass is 218 g/mol. The molecule has 2 rings (SSSR count). The van der Waals surface area contributed by atoms with Crippen molar-refractivity contribution in [3.63, 3.8) is 0 Å². The number of anilines is 1. The molecule has 2 N–H and O–H groups in total. The minimum absolute atomic E-state index is 0.0778. The van der Waals surface area contributed by atoms with Crippen molar-refractivity contribution in [2.24, 2.45) is 5.92 Å². The van der Waals surface area contributed by atoms with Crippen molar-refractivity contribution < 1.29 is 4.79 Å². The normalized spacial score (nSPS) is 20.1. The van der Waals surface area contributed by atoms with E-state index in [4.69, 9.17) is 5.73 Å². The average molecular weight is 218 g/mol. The van der Waals surface area contributed by atoms with Gasteiger partial charge in [0.2, 0.25) is 0 Å². The number of rotatable bonds is 2. The molecule has 16 heavy (non-hydrogen) atoms. The fraction of sp³-hybridized carbons (Fsp3) is 0.462. The van der Waals surface area contributed by atoms with Crippen LogP contribution in [0.15, 0.2) is 24.3 Å². The molecular formula is C13H18N2O. The van der Waals surface area contributed by atoms with E-state index in [1.165, 1.54) is 0 Å². The van der Waals surface area contributed by atoms with Crippen LogP contribution in [0.1, 0.15) is 30.1 Å². The number of carbonyl (C=O) groups is 1. The molecule has 1 aliphatic heterocycles. The number of carbonyl (C=O) groups excluding carboxylic acids is 1. The predicted molar refractivity (Wildman–Crippen MR) is 65.2 cm³/mol. The number of nitrogen functional groups attached to an aromatic ring is 1. The Balaban J connectivity index is 2.12. The molecule has 0 aromatic heterocycles. The van der Waals surface area contributed by atoms with Crippen LogP contribution < -0.4 is 5.73 Å². The number of likely N-dealkylation sites (tertiary alicyclic amines) is 1. The third kappa shape index (κ3) is 2.03. The number of nitrogens with two attached hydrogens (primary N) is 1. The maximum atomic E-state index is 12.2. The highest BCUT2D eigenvalue weighted by Gasteiger charge is 2.26. The summed E-state index contributed by atoms with van der Waals surface area (Å²) in [5, 5.41) is 0. The van der Waals surface area contributed by atoms with Gasteiger partial charge in [0, 0.05) is 18.8 Å². The highest BCUT2D eigenvalue weighted by Crippen LogP contribution is 2.22. The SMILES string of the molecule is CCC1CCN(C(=O)c2ccccc2N)C1. The van der Waals surface area contributed by atoms with Gasteiger partial charge in [-0.15, -0.1) is 0 Å². The Hall–Kier alpha value is -1.51. The first-order valence-electron chi connectivity index (χ1n) is 5.86. The van der Waals surface area contributed by atoms with Crippen LogP contribution in [0, 0.1) is 5.92 Å². The summed E-state index contributed by atoms with van der Waals surface area (Å²) in [4.78, 5) is 14.1. The van der Waals surface area contributed by atoms with Gasteiger partial charge in [-0.05, 0) is 24.5 Å². The lowest BCUT2D eigenvalue weighted by Gasteiger charge is -2.17. The Labute approximate surface area is 96.2 Å². The molecule has 3 heteroatoms. The number of amides is 1. The first kappa shape index (κ1) is 11.0. The minimum atomic E-state index is 0.0778. The lowest BCUT2D eigenvalue weighted by molar-refractivity contribution is 0.0788. The summed E-state index contributed by atoms with van der Waals surface area (Å²) >= 11 is 0. The Morgan fingerprint density at radius 3 is 2.88 bits per heavy atom. The van der Waals surface area contributed by atoms with E-state index in [-0.39, 0.29) is 5.91 Å². The van der Waals surface area contributed by atoms with Gasteiger partial charge < -0.3 is 10.6 Å². The van der Waals surface area contributed by atoms with Gasteiger partial charge >= 0.3 is 0 Å². The highest BCUT2D eigenvalue weighted by molar-refractivity contribution is 5.99. The van der Waals surface area contributed by atoms with Crippen LogP contribution >= 0.6 is 0 Å². The average Bonchev–Trinajstić information content (AvgIpc) is 2.77. The quantitative estimate of drug-likeness (QED) is 0.773. The smallest absolute Gasteiger partial charge is 0.255 e. The summed E-state index contributed by atoms with van der Waals surface area (Å²) < 4.78 is 0. The molecule has 1 aliphatic rings. The Bertz CT molecular complexity index is 389. The Morgan fingerprint density at radius 2 is 2.25 bits per heavy atom. The van der Waals surface area contributed by atoms with E-state index in [1.54, 1.807) is 12.1 Å². The van der Waals surface area contributed by atoms with Crippen molar-refractivity contribution in [1.29, 1.82) is 0 Å². The van der Waals surface area contributed by atoms with Gasteiger partial charge in [-0.2, -0.15) is 0 Å². The molecule has 0 bridgehead atoms. The van der Waals surface area contributed by atoms with Crippen LogP contribution in [0.3, 0.4) is 0 Å². The molecule has 0 radical (unpaired) electrons. The molecule has 1 aromatic carbocycles. The van der Waals surface area contributed by atoms with Crippen LogP contribution in [-0.2, 0) is 0 Å². The first-order chi connectivity index (χ1) is 7.72. The van der Waals surface area contributed by atoms with Crippen LogP contribution in [0.4, 0.5) is 5.69 Å². The van der Waals surface area contributed by atoms with E-state index in [0.29, 0.717) is 17.2 Å². The molecule has 1 fully saturated rings. The van der Waals surface area contributed by atoms with Crippen LogP contribution in [0.5, 0.6) is 0 Å². The zero-order valence-electron chi connectivity index (χ0n) is 9.65. The molecule has 1 atom stereocenters. The lowest BCUT2D eigenvalue weighted by Crippen LogP contribution is -2.29. The standard InChI is InChI=1S/C13H18N2O/c1-2-10-7-8-15(9-10)13(16)11-5-3-4-6-12(11)14/h3-6,10H,2,7-9,14H2,1H3. The summed E-state index contributed by atoms with van der Waals surface area (Å²) in [6.45, 7) is 3.92. The summed E-state index contributed by atoms with van der Waals surface area (Å²) in [5.74, 6) is 0.739. The van der Waals surface area contributed by atoms with Crippen LogP contribution in [-0.4, -0.2) is 23.9 Å². The van der Waals surface area contributed by atoms with E-state index in [2.05, 4.69) is 6.92 Å². The van der Waals surface area contributed by atoms with Crippen molar-refractivity contribution in [3.8, 4) is 0 Å². The molecule has 1 amide bonds. The Morgan fingerprint density at radius 1 is 1.50 bits per heavy atom. The largest absolute Gasteiger partial charge is 0.398 e. The zero-order chi connectivity index (χ0) is 11.5. The maximum Gasteiger partial charge on any atom is 0.255 e. The maximum absolute atomic E-state index is 12.2. The number of para-hydroxylation sites is 1. The fourth-order valence-electron chi connectivity index (χ4n) is 2.21. The second kappa shape index (κ2) is 4.56. The summed E-state index contributed by atoms with van der Waals surface area (Å²) in [5.41, 5.74) is 7.02. The van der Waals surface area contributed by atoms with E-state index in [1.807, 2.05) is 17.0 Å². The van der Waals surface area contributed by atoms with Gasteiger partial charge in [0.15, 0.2) is 0 Å². The van der Waals surface area contributed by atoms with Gasteiger partial charge in [0.25, 0.3) is 5.91 Å². The number of hydrogen-bond acceptors (Lipinski definition) is 2. The molecule has 1 heterocycles. The van der Waals surface area contributed by atoms with Crippen LogP contribution in [0.2, 0.25) is 0 Å². The zero-order valence-corrected chi connectivity index (χ0v) is 9.65. The third-order valence-electron chi connectivity index (χ3n) is 3.34. The summed E-state index contributed by atoms with van der Waals surface area (Å²) in [6, 6.07) is 7.29. The molecule has 1 aromatic rings. The fourth-order valence-corrected chi connectivity index (χ4v) is 2.21. The molecule has 0 spiro atoms. The summed E-state index contributed by atoms with van der Waals surface area (Å²) in [7, 11) is 0. The molecule has 0 aliphatic carbocycles. The van der Waals surface area contributed by atoms with E-state index in [9.17, 15) is 4.79 Å². The summed E-state index contributed by atoms with van der Waals surface area (Å²) in [6.07, 6.45) is 2.27. The first-order valence-corrected chi connectivity index (χ1v) is 5.86. The van der Waals surface area contributed by atoms with E-state index >= 15 is 0 Å². The second-order valence-electron chi connectivity index (χ2n) is 4.40. The molecule has 86 valence electrons. The predicted octanol–water partition coefficient (Wildman–Crippen LogP) is 2.14. The van der Waals surface area contributed by atoms with Crippen molar-refractivity contribution in [2.75, 3.05) is 18.8 Å². The van der Waals surface area contributed by atoms with Gasteiger partial charge in [-0.1, -0.05) is 25.5 Å². The van der Waals surface area contributed by atoms with Gasteiger partial charge in [-0.25, -0.2) is 0 Å². The lowest BCUT2D eigenvalue weighted by atomic mass is 10.1. The number of hydrogen-bond donors (Lipinski definition) is 1. The second-order valence-corrected chi connectivity index (χ2v) is 4.40. The van der Waals surface area contributed by atoms with Gasteiger partial charge in [0.05, 0.1) is 5.56 Å². The van der Waals surface area contributed by atoms with Crippen LogP contribution in [0.25, 0.3) is 0 Å². The molecule has 1 saturated heterocycles.